The Kier molecular flexibility index (Phi) is 7.85. The van der Waals surface area contributed by atoms with Gasteiger partial charge in [-0.1, -0.05) is 51.2 Å². The number of hydrogen-bond donors (Lipinski definition) is 2. The number of pyridine rings is 1. The number of unbranched alkanes of at least 4 members (excludes halogenated alkanes) is 5. The Labute approximate surface area is 197 Å². The second kappa shape index (κ2) is 11.0. The zero-order chi connectivity index (χ0) is 23.2. The number of quaternary nitrogens is 1. The van der Waals surface area contributed by atoms with Crippen LogP contribution in [0.4, 0.5) is 5.82 Å². The molecule has 0 bridgehead atoms. The Morgan fingerprint density at radius 3 is 2.55 bits per heavy atom. The van der Waals surface area contributed by atoms with Gasteiger partial charge in [0.1, 0.15) is 18.4 Å². The summed E-state index contributed by atoms with van der Waals surface area (Å²) in [6.45, 7) is 9.36. The summed E-state index contributed by atoms with van der Waals surface area (Å²) in [5.74, 6) is 1.23. The maximum atomic E-state index is 10.1. The van der Waals surface area contributed by atoms with Gasteiger partial charge in [0.2, 0.25) is 0 Å². The highest BCUT2D eigenvalue weighted by molar-refractivity contribution is 5.86. The van der Waals surface area contributed by atoms with Crippen LogP contribution in [0.15, 0.2) is 24.3 Å². The Morgan fingerprint density at radius 1 is 1.09 bits per heavy atom. The number of fused-ring (bicyclic) bond motifs is 3. The van der Waals surface area contributed by atoms with Crippen molar-refractivity contribution in [2.45, 2.75) is 58.8 Å². The van der Waals surface area contributed by atoms with Gasteiger partial charge in [0.25, 0.3) is 0 Å². The number of hydrogen-bond acceptors (Lipinski definition) is 4. The number of nitrogens with zero attached hydrogens (tertiary/aromatic N) is 4. The van der Waals surface area contributed by atoms with Crippen molar-refractivity contribution in [3.63, 3.8) is 0 Å². The maximum Gasteiger partial charge on any atom is 0.157 e. The summed E-state index contributed by atoms with van der Waals surface area (Å²) >= 11 is 0. The molecule has 1 aromatic carbocycles. The van der Waals surface area contributed by atoms with E-state index in [9.17, 15) is 10.4 Å². The van der Waals surface area contributed by atoms with E-state index < -0.39 is 0 Å². The largest absolute Gasteiger partial charge is 0.391 e. The van der Waals surface area contributed by atoms with E-state index in [2.05, 4.69) is 41.4 Å². The highest BCUT2D eigenvalue weighted by Crippen LogP contribution is 2.34. The first-order valence-electron chi connectivity index (χ1n) is 12.7. The predicted octanol–water partition coefficient (Wildman–Crippen LogP) is 3.27. The fourth-order valence-electron chi connectivity index (χ4n) is 5.32. The molecule has 2 N–H and O–H groups in total. The molecule has 0 unspecified atom stereocenters. The van der Waals surface area contributed by atoms with Crippen molar-refractivity contribution in [2.24, 2.45) is 0 Å². The molecule has 0 radical (unpaired) electrons. The average Bonchev–Trinajstić information content (AvgIpc) is 3.21. The molecule has 6 nitrogen and oxygen atoms in total. The van der Waals surface area contributed by atoms with E-state index in [1.165, 1.54) is 48.4 Å². The summed E-state index contributed by atoms with van der Waals surface area (Å²) in [5.41, 5.74) is 5.91. The summed E-state index contributed by atoms with van der Waals surface area (Å²) in [5, 5.41) is 19.5. The van der Waals surface area contributed by atoms with Crippen LogP contribution in [0.5, 0.6) is 0 Å². The van der Waals surface area contributed by atoms with Crippen LogP contribution in [-0.4, -0.2) is 53.8 Å². The standard InChI is InChI=1S/C27H37N5O/c1-3-4-5-6-7-8-11-22-21(2)23(20-28)26-29-24-12-9-10-13-25(24)32(26)27(22)31-16-14-30(15-17-31)18-19-33/h9-10,12-13,33H,3-8,11,14-19H2,1-2H3/p+1. The van der Waals surface area contributed by atoms with Crippen molar-refractivity contribution in [3.8, 4) is 6.07 Å². The molecule has 0 spiro atoms. The van der Waals surface area contributed by atoms with E-state index >= 15 is 0 Å². The topological polar surface area (TPSA) is 69.0 Å². The molecule has 4 rings (SSSR count). The molecule has 176 valence electrons. The van der Waals surface area contributed by atoms with Crippen LogP contribution in [-0.2, 0) is 6.42 Å². The number of imidazole rings is 1. The van der Waals surface area contributed by atoms with E-state index in [-0.39, 0.29) is 6.61 Å². The zero-order valence-corrected chi connectivity index (χ0v) is 20.2. The average molecular weight is 449 g/mol. The Balaban J connectivity index is 1.77. The third-order valence-electron chi connectivity index (χ3n) is 7.22. The van der Waals surface area contributed by atoms with E-state index in [4.69, 9.17) is 4.98 Å². The number of aliphatic hydroxyl groups is 1. The second-order valence-electron chi connectivity index (χ2n) is 9.40. The minimum absolute atomic E-state index is 0.241. The number of nitrogens with one attached hydrogen (secondary N) is 1. The van der Waals surface area contributed by atoms with Crippen molar-refractivity contribution in [3.05, 3.63) is 41.0 Å². The van der Waals surface area contributed by atoms with Crippen molar-refractivity contribution >= 4 is 22.5 Å². The molecule has 3 aromatic rings. The van der Waals surface area contributed by atoms with Crippen molar-refractivity contribution in [1.82, 2.24) is 9.38 Å². The second-order valence-corrected chi connectivity index (χ2v) is 9.40. The lowest BCUT2D eigenvalue weighted by molar-refractivity contribution is -0.900. The Hall–Kier alpha value is -2.62. The fourth-order valence-corrected chi connectivity index (χ4v) is 5.32. The van der Waals surface area contributed by atoms with Gasteiger partial charge in [-0.3, -0.25) is 4.40 Å². The van der Waals surface area contributed by atoms with Crippen molar-refractivity contribution in [1.29, 1.82) is 5.26 Å². The number of rotatable bonds is 10. The first-order chi connectivity index (χ1) is 16.2. The van der Waals surface area contributed by atoms with Crippen LogP contribution < -0.4 is 9.80 Å². The smallest absolute Gasteiger partial charge is 0.157 e. The summed E-state index contributed by atoms with van der Waals surface area (Å²) in [4.78, 5) is 8.86. The number of nitriles is 1. The number of anilines is 1. The lowest BCUT2D eigenvalue weighted by atomic mass is 9.97. The molecule has 1 aliphatic rings. The van der Waals surface area contributed by atoms with Gasteiger partial charge in [-0.2, -0.15) is 5.26 Å². The lowest BCUT2D eigenvalue weighted by Crippen LogP contribution is -3.15. The third kappa shape index (κ3) is 4.85. The summed E-state index contributed by atoms with van der Waals surface area (Å²) in [7, 11) is 0. The van der Waals surface area contributed by atoms with Gasteiger partial charge in [0.05, 0.1) is 49.4 Å². The molecule has 0 atom stereocenters. The van der Waals surface area contributed by atoms with Crippen LogP contribution in [0.25, 0.3) is 16.7 Å². The molecule has 0 amide bonds. The van der Waals surface area contributed by atoms with Gasteiger partial charge in [0, 0.05) is 0 Å². The van der Waals surface area contributed by atoms with Crippen LogP contribution in [0, 0.1) is 18.3 Å². The first-order valence-corrected chi connectivity index (χ1v) is 12.7. The highest BCUT2D eigenvalue weighted by atomic mass is 16.3. The summed E-state index contributed by atoms with van der Waals surface area (Å²) in [6, 6.07) is 10.7. The number of para-hydroxylation sites is 2. The van der Waals surface area contributed by atoms with Gasteiger partial charge >= 0.3 is 0 Å². The molecule has 0 saturated carbocycles. The van der Waals surface area contributed by atoms with E-state index in [1.807, 2.05) is 12.1 Å². The Bertz CT molecular complexity index is 1120. The molecular formula is C27H38N5O+. The third-order valence-corrected chi connectivity index (χ3v) is 7.22. The molecule has 6 heteroatoms. The number of piperazine rings is 1. The van der Waals surface area contributed by atoms with Gasteiger partial charge in [-0.15, -0.1) is 0 Å². The molecule has 33 heavy (non-hydrogen) atoms. The molecule has 1 aliphatic heterocycles. The zero-order valence-electron chi connectivity index (χ0n) is 20.2. The molecule has 1 saturated heterocycles. The van der Waals surface area contributed by atoms with Gasteiger partial charge in [-0.25, -0.2) is 4.98 Å². The number of benzene rings is 1. The quantitative estimate of drug-likeness (QED) is 0.467. The minimum atomic E-state index is 0.241. The van der Waals surface area contributed by atoms with Crippen LogP contribution >= 0.6 is 0 Å². The molecule has 2 aromatic heterocycles. The highest BCUT2D eigenvalue weighted by Gasteiger charge is 2.27. The number of aromatic nitrogens is 2. The van der Waals surface area contributed by atoms with E-state index in [1.54, 1.807) is 0 Å². The lowest BCUT2D eigenvalue weighted by Gasteiger charge is -2.35. The van der Waals surface area contributed by atoms with Gasteiger partial charge in [0.15, 0.2) is 5.65 Å². The minimum Gasteiger partial charge on any atom is -0.391 e. The van der Waals surface area contributed by atoms with Crippen LogP contribution in [0.2, 0.25) is 0 Å². The predicted molar refractivity (Wildman–Crippen MR) is 134 cm³/mol. The van der Waals surface area contributed by atoms with Gasteiger partial charge < -0.3 is 14.9 Å². The molecule has 0 aliphatic carbocycles. The normalized spacial score (nSPS) is 14.9. The molecular weight excluding hydrogens is 410 g/mol. The summed E-state index contributed by atoms with van der Waals surface area (Å²) in [6.07, 6.45) is 8.56. The molecule has 1 fully saturated rings. The first kappa shape index (κ1) is 23.5. The van der Waals surface area contributed by atoms with Crippen LogP contribution in [0.3, 0.4) is 0 Å². The maximum absolute atomic E-state index is 10.1. The SMILES string of the molecule is CCCCCCCCc1c(C)c(C#N)c2nc3ccccc3n2c1N1CC[NH+](CCO)CC1. The Morgan fingerprint density at radius 2 is 1.82 bits per heavy atom. The monoisotopic (exact) mass is 448 g/mol. The van der Waals surface area contributed by atoms with E-state index in [0.717, 1.165) is 67.8 Å². The molecule has 3 heterocycles. The van der Waals surface area contributed by atoms with E-state index in [0.29, 0.717) is 5.56 Å². The van der Waals surface area contributed by atoms with Crippen molar-refractivity contribution < 1.29 is 10.0 Å². The van der Waals surface area contributed by atoms with Crippen molar-refractivity contribution in [2.75, 3.05) is 44.2 Å². The fraction of sp³-hybridized carbons (Fsp3) is 0.556. The summed E-state index contributed by atoms with van der Waals surface area (Å²) < 4.78 is 2.25. The van der Waals surface area contributed by atoms with Crippen LogP contribution in [0.1, 0.15) is 62.1 Å². The van der Waals surface area contributed by atoms with Gasteiger partial charge in [-0.05, 0) is 43.0 Å². The number of aliphatic hydroxyl groups excluding tert-OH is 1.